The third-order valence-electron chi connectivity index (χ3n) is 7.03. The summed E-state index contributed by atoms with van der Waals surface area (Å²) in [6.07, 6.45) is 0.743. The van der Waals surface area contributed by atoms with Gasteiger partial charge in [0.15, 0.2) is 11.5 Å². The Morgan fingerprint density at radius 2 is 1.76 bits per heavy atom. The van der Waals surface area contributed by atoms with Gasteiger partial charge in [0.25, 0.3) is 5.69 Å². The Balaban J connectivity index is 1.18. The van der Waals surface area contributed by atoms with E-state index in [9.17, 15) is 23.3 Å². The molecule has 0 radical (unpaired) electrons. The Morgan fingerprint density at radius 1 is 1.05 bits per heavy atom. The van der Waals surface area contributed by atoms with E-state index in [0.717, 1.165) is 6.07 Å². The number of morpholine rings is 1. The maximum absolute atomic E-state index is 13.0. The van der Waals surface area contributed by atoms with E-state index in [2.05, 4.69) is 5.32 Å². The van der Waals surface area contributed by atoms with Crippen LogP contribution in [0.2, 0.25) is 0 Å². The number of nitrogens with one attached hydrogen (secondary N) is 1. The number of rotatable bonds is 7. The van der Waals surface area contributed by atoms with Crippen molar-refractivity contribution in [3.8, 4) is 11.5 Å². The summed E-state index contributed by atoms with van der Waals surface area (Å²) in [5.74, 6) is 1.01. The average Bonchev–Trinajstić information content (AvgIpc) is 2.96. The first-order chi connectivity index (χ1) is 18.3. The van der Waals surface area contributed by atoms with Crippen LogP contribution in [0.15, 0.2) is 47.4 Å². The van der Waals surface area contributed by atoms with Gasteiger partial charge in [0.05, 0.1) is 29.6 Å². The summed E-state index contributed by atoms with van der Waals surface area (Å²) in [4.78, 5) is 25.8. The molecule has 0 saturated carbocycles. The van der Waals surface area contributed by atoms with Crippen LogP contribution in [0.1, 0.15) is 12.8 Å². The number of fused-ring (bicyclic) bond motifs is 1. The fourth-order valence-corrected chi connectivity index (χ4v) is 6.35. The van der Waals surface area contributed by atoms with Gasteiger partial charge in [-0.3, -0.25) is 14.9 Å². The molecule has 0 aromatic heterocycles. The lowest BCUT2D eigenvalue weighted by molar-refractivity contribution is -0.384. The minimum Gasteiger partial charge on any atom is -0.486 e. The summed E-state index contributed by atoms with van der Waals surface area (Å²) in [7, 11) is -3.86. The Hall–Kier alpha value is -3.42. The molecule has 204 valence electrons. The molecule has 0 aliphatic carbocycles. The number of benzene rings is 2. The van der Waals surface area contributed by atoms with E-state index in [4.69, 9.17) is 14.2 Å². The number of hydrogen-bond acceptors (Lipinski definition) is 9. The van der Waals surface area contributed by atoms with Gasteiger partial charge >= 0.3 is 0 Å². The van der Waals surface area contributed by atoms with Crippen LogP contribution in [-0.2, 0) is 19.6 Å². The van der Waals surface area contributed by atoms with Crippen LogP contribution < -0.4 is 19.7 Å². The van der Waals surface area contributed by atoms with E-state index in [1.165, 1.54) is 16.4 Å². The number of carbonyl (C=O) groups is 1. The molecule has 3 aliphatic rings. The van der Waals surface area contributed by atoms with E-state index < -0.39 is 14.9 Å². The Kier molecular flexibility index (Phi) is 7.68. The van der Waals surface area contributed by atoms with Crippen LogP contribution in [0.5, 0.6) is 11.5 Å². The first-order valence-electron chi connectivity index (χ1n) is 12.6. The molecular weight excluding hydrogens is 516 g/mol. The summed E-state index contributed by atoms with van der Waals surface area (Å²) in [6.45, 7) is 2.53. The third kappa shape index (κ3) is 5.54. The number of nitro groups is 1. The summed E-state index contributed by atoms with van der Waals surface area (Å²) < 4.78 is 44.0. The van der Waals surface area contributed by atoms with E-state index >= 15 is 0 Å². The average molecular weight is 547 g/mol. The molecule has 2 aromatic carbocycles. The number of amides is 1. The number of ether oxygens (including phenoxy) is 3. The fraction of sp³-hybridized carbons (Fsp3) is 0.480. The molecule has 1 N–H and O–H groups in total. The van der Waals surface area contributed by atoms with E-state index in [1.807, 2.05) is 29.2 Å². The number of para-hydroxylation sites is 2. The number of sulfonamides is 1. The fourth-order valence-electron chi connectivity index (χ4n) is 4.92. The van der Waals surface area contributed by atoms with Gasteiger partial charge in [-0.25, -0.2) is 8.42 Å². The van der Waals surface area contributed by atoms with Crippen molar-refractivity contribution in [3.63, 3.8) is 0 Å². The monoisotopic (exact) mass is 546 g/mol. The van der Waals surface area contributed by atoms with Gasteiger partial charge in [-0.15, -0.1) is 0 Å². The van der Waals surface area contributed by atoms with Gasteiger partial charge in [0, 0.05) is 38.2 Å². The number of piperidine rings is 1. The molecule has 5 rings (SSSR count). The van der Waals surface area contributed by atoms with Crippen molar-refractivity contribution in [3.05, 3.63) is 52.6 Å². The van der Waals surface area contributed by atoms with Crippen LogP contribution in [0.4, 0.5) is 11.4 Å². The zero-order valence-electron chi connectivity index (χ0n) is 20.8. The first-order valence-corrected chi connectivity index (χ1v) is 14.0. The SMILES string of the molecule is O=C(NCC1COc2ccccc2O1)C1CCN(c2ccc(S(=O)(=O)N3CCOCC3)cc2[N+](=O)[O-])CC1. The molecule has 0 bridgehead atoms. The van der Waals surface area contributed by atoms with Crippen LogP contribution in [0.25, 0.3) is 0 Å². The summed E-state index contributed by atoms with van der Waals surface area (Å²) in [5, 5.41) is 14.8. The molecule has 1 atom stereocenters. The molecule has 13 heteroatoms. The number of carbonyl (C=O) groups excluding carboxylic acids is 1. The van der Waals surface area contributed by atoms with Gasteiger partial charge in [-0.1, -0.05) is 12.1 Å². The second-order valence-electron chi connectivity index (χ2n) is 9.43. The molecule has 2 saturated heterocycles. The number of hydrogen-bond donors (Lipinski definition) is 1. The Morgan fingerprint density at radius 3 is 2.47 bits per heavy atom. The van der Waals surface area contributed by atoms with Crippen molar-refractivity contribution in [2.24, 2.45) is 5.92 Å². The molecule has 2 aromatic rings. The van der Waals surface area contributed by atoms with E-state index in [0.29, 0.717) is 56.3 Å². The van der Waals surface area contributed by atoms with Crippen LogP contribution in [0, 0.1) is 16.0 Å². The van der Waals surface area contributed by atoms with Crippen molar-refractivity contribution >= 4 is 27.3 Å². The van der Waals surface area contributed by atoms with Crippen molar-refractivity contribution in [1.82, 2.24) is 9.62 Å². The van der Waals surface area contributed by atoms with Crippen LogP contribution >= 0.6 is 0 Å². The first kappa shape index (κ1) is 26.2. The molecule has 38 heavy (non-hydrogen) atoms. The van der Waals surface area contributed by atoms with E-state index in [1.54, 1.807) is 0 Å². The predicted octanol–water partition coefficient (Wildman–Crippen LogP) is 1.79. The predicted molar refractivity (Wildman–Crippen MR) is 137 cm³/mol. The van der Waals surface area contributed by atoms with Crippen molar-refractivity contribution in [1.29, 1.82) is 0 Å². The van der Waals surface area contributed by atoms with Gasteiger partial charge in [-0.05, 0) is 37.1 Å². The van der Waals surface area contributed by atoms with Crippen LogP contribution in [-0.4, -0.2) is 82.2 Å². The molecule has 1 unspecified atom stereocenters. The van der Waals surface area contributed by atoms with Gasteiger partial charge in [-0.2, -0.15) is 4.31 Å². The van der Waals surface area contributed by atoms with Crippen molar-refractivity contribution < 1.29 is 32.3 Å². The molecule has 12 nitrogen and oxygen atoms in total. The van der Waals surface area contributed by atoms with Crippen molar-refractivity contribution in [2.45, 2.75) is 23.8 Å². The second kappa shape index (κ2) is 11.1. The number of anilines is 1. The second-order valence-corrected chi connectivity index (χ2v) is 11.4. The third-order valence-corrected chi connectivity index (χ3v) is 8.92. The molecule has 2 fully saturated rings. The zero-order valence-corrected chi connectivity index (χ0v) is 21.6. The minimum absolute atomic E-state index is 0.0893. The Labute approximate surface area is 220 Å². The lowest BCUT2D eigenvalue weighted by atomic mass is 9.95. The smallest absolute Gasteiger partial charge is 0.293 e. The topological polar surface area (TPSA) is 141 Å². The summed E-state index contributed by atoms with van der Waals surface area (Å²) >= 11 is 0. The van der Waals surface area contributed by atoms with Gasteiger partial charge < -0.3 is 24.4 Å². The van der Waals surface area contributed by atoms with E-state index in [-0.39, 0.29) is 54.8 Å². The molecular formula is C25H30N4O8S. The van der Waals surface area contributed by atoms with Gasteiger partial charge in [0.1, 0.15) is 18.4 Å². The Bertz CT molecular complexity index is 1290. The molecule has 0 spiro atoms. The quantitative estimate of drug-likeness (QED) is 0.406. The molecule has 3 heterocycles. The standard InChI is InChI=1S/C25H30N4O8S/c30-25(26-16-19-17-36-23-3-1-2-4-24(23)37-19)18-7-9-27(10-8-18)21-6-5-20(15-22(21)29(31)32)38(33,34)28-11-13-35-14-12-28/h1-6,15,18-19H,7-14,16-17H2,(H,26,30). The maximum atomic E-state index is 13.0. The lowest BCUT2D eigenvalue weighted by Crippen LogP contribution is -2.45. The van der Waals surface area contributed by atoms with Crippen molar-refractivity contribution in [2.75, 3.05) is 57.4 Å². The molecule has 3 aliphatic heterocycles. The number of nitro benzene ring substituents is 1. The highest BCUT2D eigenvalue weighted by Crippen LogP contribution is 2.35. The maximum Gasteiger partial charge on any atom is 0.293 e. The van der Waals surface area contributed by atoms with Gasteiger partial charge in [0.2, 0.25) is 15.9 Å². The molecule has 1 amide bonds. The summed E-state index contributed by atoms with van der Waals surface area (Å²) in [5.41, 5.74) is 0.0816. The summed E-state index contributed by atoms with van der Waals surface area (Å²) in [6, 6.07) is 11.4. The highest BCUT2D eigenvalue weighted by Gasteiger charge is 2.32. The zero-order chi connectivity index (χ0) is 26.7. The highest BCUT2D eigenvalue weighted by atomic mass is 32.2. The minimum atomic E-state index is -3.86. The van der Waals surface area contributed by atoms with Crippen LogP contribution in [0.3, 0.4) is 0 Å². The normalized spacial score (nSPS) is 20.6. The lowest BCUT2D eigenvalue weighted by Gasteiger charge is -2.33. The number of nitrogens with zero attached hydrogens (tertiary/aromatic N) is 3. The highest BCUT2D eigenvalue weighted by molar-refractivity contribution is 7.89. The largest absolute Gasteiger partial charge is 0.486 e.